The van der Waals surface area contributed by atoms with Gasteiger partial charge >= 0.3 is 0 Å². The summed E-state index contributed by atoms with van der Waals surface area (Å²) in [5.74, 6) is -0.567. The Kier molecular flexibility index (Phi) is 5.59. The Morgan fingerprint density at radius 2 is 2.29 bits per heavy atom. The Labute approximate surface area is 100 Å². The minimum absolute atomic E-state index is 0.0401. The van der Waals surface area contributed by atoms with Gasteiger partial charge in [-0.05, 0) is 25.1 Å². The monoisotopic (exact) mass is 240 g/mol. The number of nitrogens with zero attached hydrogens (tertiary/aromatic N) is 1. The zero-order valence-corrected chi connectivity index (χ0v) is 9.86. The molecule has 2 N–H and O–H groups in total. The van der Waals surface area contributed by atoms with Crippen molar-refractivity contribution in [2.45, 2.75) is 6.92 Å². The molecule has 0 spiro atoms. The first kappa shape index (κ1) is 13.6. The highest BCUT2D eigenvalue weighted by Crippen LogP contribution is 2.15. The first-order valence-electron chi connectivity index (χ1n) is 5.52. The van der Waals surface area contributed by atoms with Crippen LogP contribution < -0.4 is 10.6 Å². The number of hydrogen-bond acceptors (Lipinski definition) is 3. The van der Waals surface area contributed by atoms with Crippen LogP contribution in [-0.2, 0) is 9.53 Å². The highest BCUT2D eigenvalue weighted by molar-refractivity contribution is 5.94. The molecule has 0 heterocycles. The number of carbonyl (C=O) groups excluding carboxylic acids is 1. The summed E-state index contributed by atoms with van der Waals surface area (Å²) in [4.78, 5) is 13.3. The van der Waals surface area contributed by atoms with Crippen molar-refractivity contribution in [3.8, 4) is 0 Å². The van der Waals surface area contributed by atoms with Crippen LogP contribution in [0.3, 0.4) is 0 Å². The van der Waals surface area contributed by atoms with E-state index in [2.05, 4.69) is 0 Å². The maximum atomic E-state index is 13.0. The van der Waals surface area contributed by atoms with Gasteiger partial charge < -0.3 is 15.4 Å². The van der Waals surface area contributed by atoms with E-state index in [0.29, 0.717) is 25.4 Å². The molecule has 1 aromatic rings. The molecule has 0 saturated heterocycles. The molecule has 1 aromatic carbocycles. The third kappa shape index (κ3) is 4.13. The third-order valence-corrected chi connectivity index (χ3v) is 2.22. The number of carbonyl (C=O) groups is 1. The number of benzene rings is 1. The van der Waals surface area contributed by atoms with E-state index in [-0.39, 0.29) is 18.3 Å². The number of anilines is 1. The molecule has 0 atom stereocenters. The second-order valence-electron chi connectivity index (χ2n) is 3.46. The van der Waals surface area contributed by atoms with Crippen molar-refractivity contribution in [2.75, 3.05) is 31.2 Å². The maximum absolute atomic E-state index is 13.0. The van der Waals surface area contributed by atoms with Gasteiger partial charge in [0.25, 0.3) is 5.91 Å². The number of ether oxygens (including phenoxy) is 1. The standard InChI is InChI=1S/C12H17FN2O2/c1-2-15(12(16)9-17-7-6-14)11-5-3-4-10(13)8-11/h3-5,8H,2,6-7,9,14H2,1H3. The second kappa shape index (κ2) is 6.98. The van der Waals surface area contributed by atoms with Crippen molar-refractivity contribution >= 4 is 11.6 Å². The second-order valence-corrected chi connectivity index (χ2v) is 3.46. The minimum atomic E-state index is -0.364. The molecular formula is C12H17FN2O2. The zero-order valence-electron chi connectivity index (χ0n) is 9.86. The molecule has 5 heteroatoms. The fourth-order valence-corrected chi connectivity index (χ4v) is 1.47. The average Bonchev–Trinajstić information content (AvgIpc) is 2.30. The maximum Gasteiger partial charge on any atom is 0.252 e. The molecule has 4 nitrogen and oxygen atoms in total. The number of halogens is 1. The molecule has 0 fully saturated rings. The summed E-state index contributed by atoms with van der Waals surface area (Å²) in [7, 11) is 0. The SMILES string of the molecule is CCN(C(=O)COCCN)c1cccc(F)c1. The number of nitrogens with two attached hydrogens (primary N) is 1. The van der Waals surface area contributed by atoms with Crippen LogP contribution in [0, 0.1) is 5.82 Å². The smallest absolute Gasteiger partial charge is 0.252 e. The largest absolute Gasteiger partial charge is 0.370 e. The van der Waals surface area contributed by atoms with E-state index < -0.39 is 0 Å². The van der Waals surface area contributed by atoms with E-state index in [1.807, 2.05) is 6.92 Å². The van der Waals surface area contributed by atoms with E-state index in [1.54, 1.807) is 12.1 Å². The lowest BCUT2D eigenvalue weighted by Crippen LogP contribution is -2.34. The van der Waals surface area contributed by atoms with Gasteiger partial charge in [0.15, 0.2) is 0 Å². The molecule has 17 heavy (non-hydrogen) atoms. The lowest BCUT2D eigenvalue weighted by molar-refractivity contribution is -0.122. The summed E-state index contributed by atoms with van der Waals surface area (Å²) in [6, 6.07) is 5.92. The first-order chi connectivity index (χ1) is 8.19. The molecule has 0 aliphatic heterocycles. The summed E-state index contributed by atoms with van der Waals surface area (Å²) in [5.41, 5.74) is 5.79. The third-order valence-electron chi connectivity index (χ3n) is 2.22. The van der Waals surface area contributed by atoms with Crippen molar-refractivity contribution in [3.63, 3.8) is 0 Å². The van der Waals surface area contributed by atoms with Crippen LogP contribution in [-0.4, -0.2) is 32.2 Å². The predicted molar refractivity (Wildman–Crippen MR) is 64.3 cm³/mol. The number of likely N-dealkylation sites (N-methyl/N-ethyl adjacent to an activating group) is 1. The normalized spacial score (nSPS) is 10.3. The summed E-state index contributed by atoms with van der Waals surface area (Å²) >= 11 is 0. The fourth-order valence-electron chi connectivity index (χ4n) is 1.47. The van der Waals surface area contributed by atoms with Gasteiger partial charge in [0.2, 0.25) is 0 Å². The molecule has 1 rings (SSSR count). The van der Waals surface area contributed by atoms with Gasteiger partial charge in [-0.2, -0.15) is 0 Å². The van der Waals surface area contributed by atoms with Gasteiger partial charge in [-0.3, -0.25) is 4.79 Å². The topological polar surface area (TPSA) is 55.6 Å². The number of rotatable bonds is 6. The Balaban J connectivity index is 2.67. The summed E-state index contributed by atoms with van der Waals surface area (Å²) < 4.78 is 18.1. The summed E-state index contributed by atoms with van der Waals surface area (Å²) in [5, 5.41) is 0. The lowest BCUT2D eigenvalue weighted by Gasteiger charge is -2.20. The molecule has 0 bridgehead atoms. The van der Waals surface area contributed by atoms with E-state index in [0.717, 1.165) is 0 Å². The lowest BCUT2D eigenvalue weighted by atomic mass is 10.2. The quantitative estimate of drug-likeness (QED) is 0.759. The highest BCUT2D eigenvalue weighted by Gasteiger charge is 2.14. The van der Waals surface area contributed by atoms with Gasteiger partial charge in [0.05, 0.1) is 6.61 Å². The molecule has 1 amide bonds. The fraction of sp³-hybridized carbons (Fsp3) is 0.417. The molecule has 0 aromatic heterocycles. The van der Waals surface area contributed by atoms with Gasteiger partial charge in [0, 0.05) is 18.8 Å². The molecule has 0 saturated carbocycles. The molecule has 94 valence electrons. The Hall–Kier alpha value is -1.46. The van der Waals surface area contributed by atoms with Crippen LogP contribution in [0.25, 0.3) is 0 Å². The Morgan fingerprint density at radius 1 is 1.53 bits per heavy atom. The van der Waals surface area contributed by atoms with Crippen molar-refractivity contribution < 1.29 is 13.9 Å². The van der Waals surface area contributed by atoms with Crippen LogP contribution in [0.15, 0.2) is 24.3 Å². The molecule has 0 aliphatic carbocycles. The van der Waals surface area contributed by atoms with Crippen LogP contribution in [0.1, 0.15) is 6.92 Å². The van der Waals surface area contributed by atoms with Crippen LogP contribution >= 0.6 is 0 Å². The van der Waals surface area contributed by atoms with Gasteiger partial charge in [0.1, 0.15) is 12.4 Å². The number of hydrogen-bond donors (Lipinski definition) is 1. The van der Waals surface area contributed by atoms with Crippen molar-refractivity contribution in [1.82, 2.24) is 0 Å². The van der Waals surface area contributed by atoms with Crippen LogP contribution in [0.5, 0.6) is 0 Å². The summed E-state index contributed by atoms with van der Waals surface area (Å²) in [6.07, 6.45) is 0. The van der Waals surface area contributed by atoms with Crippen molar-refractivity contribution in [3.05, 3.63) is 30.1 Å². The highest BCUT2D eigenvalue weighted by atomic mass is 19.1. The van der Waals surface area contributed by atoms with Gasteiger partial charge in [-0.1, -0.05) is 6.07 Å². The first-order valence-corrected chi connectivity index (χ1v) is 5.52. The van der Waals surface area contributed by atoms with E-state index in [1.165, 1.54) is 17.0 Å². The Bertz CT molecular complexity index is 371. The summed E-state index contributed by atoms with van der Waals surface area (Å²) in [6.45, 7) is 2.97. The van der Waals surface area contributed by atoms with Crippen molar-refractivity contribution in [1.29, 1.82) is 0 Å². The predicted octanol–water partition coefficient (Wildman–Crippen LogP) is 1.15. The van der Waals surface area contributed by atoms with E-state index >= 15 is 0 Å². The zero-order chi connectivity index (χ0) is 12.7. The van der Waals surface area contributed by atoms with Crippen molar-refractivity contribution in [2.24, 2.45) is 5.73 Å². The van der Waals surface area contributed by atoms with E-state index in [9.17, 15) is 9.18 Å². The van der Waals surface area contributed by atoms with Gasteiger partial charge in [-0.25, -0.2) is 4.39 Å². The number of amides is 1. The van der Waals surface area contributed by atoms with E-state index in [4.69, 9.17) is 10.5 Å². The molecule has 0 radical (unpaired) electrons. The molecule has 0 unspecified atom stereocenters. The molecular weight excluding hydrogens is 223 g/mol. The van der Waals surface area contributed by atoms with Crippen LogP contribution in [0.2, 0.25) is 0 Å². The van der Waals surface area contributed by atoms with Gasteiger partial charge in [-0.15, -0.1) is 0 Å². The minimum Gasteiger partial charge on any atom is -0.370 e. The Morgan fingerprint density at radius 3 is 2.88 bits per heavy atom. The van der Waals surface area contributed by atoms with Crippen LogP contribution in [0.4, 0.5) is 10.1 Å². The molecule has 0 aliphatic rings. The average molecular weight is 240 g/mol.